The van der Waals surface area contributed by atoms with Crippen LogP contribution in [0.4, 0.5) is 5.82 Å². The van der Waals surface area contributed by atoms with E-state index >= 15 is 0 Å². The van der Waals surface area contributed by atoms with Crippen LogP contribution in [0.3, 0.4) is 0 Å². The number of phosphoric acid groups is 3. The molecule has 1 aliphatic heterocycles. The molecule has 7 unspecified atom stereocenters. The first-order valence-electron chi connectivity index (χ1n) is 15.1. The topological polar surface area (TPSA) is 347 Å². The Hall–Kier alpha value is -2.11. The summed E-state index contributed by atoms with van der Waals surface area (Å²) in [6.45, 7) is 2.97. The van der Waals surface area contributed by atoms with Gasteiger partial charge in [-0.1, -0.05) is 20.8 Å². The number of amides is 2. The Balaban J connectivity index is 1.55. The molecule has 290 valence electrons. The highest BCUT2D eigenvalue weighted by Crippen LogP contribution is 2.61. The molecule has 27 heteroatoms. The lowest BCUT2D eigenvalue weighted by Crippen LogP contribution is -2.46. The fourth-order valence-electron chi connectivity index (χ4n) is 4.45. The molecule has 0 bridgehead atoms. The summed E-state index contributed by atoms with van der Waals surface area (Å²) in [5.41, 5.74) is 4.32. The third-order valence-corrected chi connectivity index (χ3v) is 11.3. The molecule has 2 aromatic rings. The van der Waals surface area contributed by atoms with Gasteiger partial charge in [0.05, 0.1) is 19.5 Å². The van der Waals surface area contributed by atoms with E-state index in [1.165, 1.54) is 13.8 Å². The highest BCUT2D eigenvalue weighted by molar-refractivity contribution is 7.99. The van der Waals surface area contributed by atoms with Gasteiger partial charge in [-0.3, -0.25) is 27.7 Å². The quantitative estimate of drug-likeness (QED) is 0.0569. The molecule has 0 radical (unpaired) electrons. The van der Waals surface area contributed by atoms with Gasteiger partial charge in [-0.05, 0) is 12.2 Å². The number of hydrogen-bond donors (Lipinski definition) is 9. The number of fused-ring (bicyclic) bond motifs is 1. The number of nitrogens with one attached hydrogen (secondary N) is 2. The lowest BCUT2D eigenvalue weighted by Gasteiger charge is -2.30. The number of thioether (sulfide) groups is 1. The number of nitrogens with two attached hydrogens (primary N) is 1. The predicted octanol–water partition coefficient (Wildman–Crippen LogP) is -0.452. The van der Waals surface area contributed by atoms with Crippen molar-refractivity contribution in [1.82, 2.24) is 30.2 Å². The number of hydrogen-bond acceptors (Lipinski definition) is 17. The number of nitrogens with zero attached hydrogens (tertiary/aromatic N) is 4. The van der Waals surface area contributed by atoms with Crippen molar-refractivity contribution in [2.45, 2.75) is 64.3 Å². The zero-order chi connectivity index (χ0) is 38.2. The summed E-state index contributed by atoms with van der Waals surface area (Å²) in [5.74, 6) is 0.431. The van der Waals surface area contributed by atoms with E-state index in [9.17, 15) is 53.1 Å². The molecular formula is C24H42N7O16P3S. The van der Waals surface area contributed by atoms with E-state index in [2.05, 4.69) is 34.4 Å². The Morgan fingerprint density at radius 1 is 1.08 bits per heavy atom. The average Bonchev–Trinajstić information content (AvgIpc) is 3.58. The van der Waals surface area contributed by atoms with E-state index in [1.54, 1.807) is 11.8 Å². The molecule has 51 heavy (non-hydrogen) atoms. The van der Waals surface area contributed by atoms with E-state index in [0.717, 1.165) is 35.1 Å². The minimum Gasteiger partial charge on any atom is -0.386 e. The number of carbonyl (C=O) groups excluding carboxylic acids is 2. The van der Waals surface area contributed by atoms with Gasteiger partial charge in [0.25, 0.3) is 0 Å². The molecule has 23 nitrogen and oxygen atoms in total. The van der Waals surface area contributed by atoms with E-state index in [-0.39, 0.29) is 35.9 Å². The Morgan fingerprint density at radius 3 is 2.43 bits per heavy atom. The van der Waals surface area contributed by atoms with Gasteiger partial charge in [-0.15, -0.1) is 0 Å². The number of anilines is 1. The lowest BCUT2D eigenvalue weighted by molar-refractivity contribution is -0.137. The van der Waals surface area contributed by atoms with Crippen LogP contribution in [0.25, 0.3) is 11.2 Å². The molecule has 2 aromatic heterocycles. The van der Waals surface area contributed by atoms with E-state index in [4.69, 9.17) is 19.5 Å². The SMILES string of the molecule is CCCSCCNC(=O)CCNC(=O)C(O)C(C)(C)COP(=O)(O)OP(=O)(O)OCC1OC(n2cnc3c(N)ncnc32)C(O)C1OP(=O)(O)O. The van der Waals surface area contributed by atoms with Gasteiger partial charge in [-0.2, -0.15) is 16.1 Å². The van der Waals surface area contributed by atoms with Crippen LogP contribution in [-0.4, -0.2) is 123 Å². The number of phosphoric ester groups is 3. The van der Waals surface area contributed by atoms with Crippen molar-refractivity contribution in [3.8, 4) is 0 Å². The number of rotatable bonds is 21. The van der Waals surface area contributed by atoms with Crippen LogP contribution in [0.2, 0.25) is 0 Å². The fourth-order valence-corrected chi connectivity index (χ4v) is 8.02. The van der Waals surface area contributed by atoms with Crippen LogP contribution >= 0.6 is 35.2 Å². The highest BCUT2D eigenvalue weighted by Gasteiger charge is 2.50. The van der Waals surface area contributed by atoms with Crippen molar-refractivity contribution in [1.29, 1.82) is 0 Å². The van der Waals surface area contributed by atoms with Gasteiger partial charge in [0.15, 0.2) is 17.7 Å². The summed E-state index contributed by atoms with van der Waals surface area (Å²) >= 11 is 1.69. The molecule has 1 saturated heterocycles. The molecule has 1 fully saturated rings. The van der Waals surface area contributed by atoms with Crippen LogP contribution in [0, 0.1) is 5.41 Å². The first-order chi connectivity index (χ1) is 23.7. The number of nitrogen functional groups attached to an aromatic ring is 1. The highest BCUT2D eigenvalue weighted by atomic mass is 32.2. The second-order valence-corrected chi connectivity index (χ2v) is 17.1. The summed E-state index contributed by atoms with van der Waals surface area (Å²) in [7, 11) is -16.3. The number of carbonyl (C=O) groups is 2. The molecule has 0 aliphatic carbocycles. The van der Waals surface area contributed by atoms with Gasteiger partial charge < -0.3 is 50.9 Å². The monoisotopic (exact) mass is 809 g/mol. The smallest absolute Gasteiger partial charge is 0.386 e. The summed E-state index contributed by atoms with van der Waals surface area (Å²) in [5, 5.41) is 26.4. The third-order valence-electron chi connectivity index (χ3n) is 6.99. The second kappa shape index (κ2) is 18.3. The average molecular weight is 810 g/mol. The normalized spacial score (nSPS) is 22.7. The predicted molar refractivity (Wildman–Crippen MR) is 177 cm³/mol. The van der Waals surface area contributed by atoms with Crippen LogP contribution in [0.15, 0.2) is 12.7 Å². The van der Waals surface area contributed by atoms with Gasteiger partial charge in [0.1, 0.15) is 36.3 Å². The second-order valence-electron chi connectivity index (χ2n) is 11.7. The van der Waals surface area contributed by atoms with Crippen molar-refractivity contribution < 1.29 is 75.7 Å². The minimum atomic E-state index is -5.54. The van der Waals surface area contributed by atoms with Crippen LogP contribution < -0.4 is 16.4 Å². The third kappa shape index (κ3) is 13.1. The van der Waals surface area contributed by atoms with E-state index < -0.39 is 78.6 Å². The summed E-state index contributed by atoms with van der Waals surface area (Å²) in [6, 6.07) is 0. The number of ether oxygens (including phenoxy) is 1. The lowest BCUT2D eigenvalue weighted by atomic mass is 9.87. The minimum absolute atomic E-state index is 0.0340. The number of aliphatic hydroxyl groups is 2. The molecule has 3 heterocycles. The molecule has 0 saturated carbocycles. The zero-order valence-corrected chi connectivity index (χ0v) is 31.1. The first kappa shape index (κ1) is 43.3. The number of aliphatic hydroxyl groups excluding tert-OH is 2. The summed E-state index contributed by atoms with van der Waals surface area (Å²) in [6.07, 6.45) is -5.67. The molecule has 0 spiro atoms. The van der Waals surface area contributed by atoms with Crippen molar-refractivity contribution >= 4 is 64.0 Å². The number of imidazole rings is 1. The standard InChI is InChI=1S/C24H42N7O16P3S/c1-4-8-51-9-7-26-15(32)5-6-27-22(35)19(34)24(2,3)11-44-50(41,42)47-49(39,40)43-10-14-18(46-48(36,37)38)17(33)23(45-14)31-13-30-16-20(25)28-12-29-21(16)31/h12-14,17-19,23,33-34H,4-11H2,1-3H3,(H,26,32)(H,27,35)(H,39,40)(H,41,42)(H2,25,28,29)(H2,36,37,38). The van der Waals surface area contributed by atoms with Gasteiger partial charge in [-0.25, -0.2) is 28.6 Å². The molecular weight excluding hydrogens is 767 g/mol. The maximum Gasteiger partial charge on any atom is 0.481 e. The van der Waals surface area contributed by atoms with Crippen molar-refractivity contribution in [3.05, 3.63) is 12.7 Å². The molecule has 7 atom stereocenters. The van der Waals surface area contributed by atoms with Crippen molar-refractivity contribution in [2.75, 3.05) is 43.5 Å². The van der Waals surface area contributed by atoms with Crippen LogP contribution in [0.1, 0.15) is 39.8 Å². The molecule has 0 aromatic carbocycles. The Bertz CT molecular complexity index is 1650. The van der Waals surface area contributed by atoms with Gasteiger partial charge in [0, 0.05) is 30.7 Å². The van der Waals surface area contributed by atoms with Crippen molar-refractivity contribution in [2.24, 2.45) is 5.41 Å². The summed E-state index contributed by atoms with van der Waals surface area (Å²) < 4.78 is 62.0. The fraction of sp³-hybridized carbons (Fsp3) is 0.708. The van der Waals surface area contributed by atoms with E-state index in [0.29, 0.717) is 6.54 Å². The largest absolute Gasteiger partial charge is 0.481 e. The Kier molecular flexibility index (Phi) is 15.5. The van der Waals surface area contributed by atoms with Crippen molar-refractivity contribution in [3.63, 3.8) is 0 Å². The maximum atomic E-state index is 12.6. The van der Waals surface area contributed by atoms with Gasteiger partial charge in [0.2, 0.25) is 11.8 Å². The zero-order valence-electron chi connectivity index (χ0n) is 27.6. The maximum absolute atomic E-state index is 12.6. The molecule has 2 amide bonds. The number of aromatic nitrogens is 4. The molecule has 10 N–H and O–H groups in total. The molecule has 3 rings (SSSR count). The Morgan fingerprint density at radius 2 is 1.76 bits per heavy atom. The first-order valence-corrected chi connectivity index (χ1v) is 20.8. The molecule has 1 aliphatic rings. The summed E-state index contributed by atoms with van der Waals surface area (Å²) in [4.78, 5) is 75.2. The van der Waals surface area contributed by atoms with Crippen LogP contribution in [0.5, 0.6) is 0 Å². The van der Waals surface area contributed by atoms with Crippen LogP contribution in [-0.2, 0) is 45.9 Å². The van der Waals surface area contributed by atoms with Gasteiger partial charge >= 0.3 is 23.5 Å². The Labute approximate surface area is 295 Å². The van der Waals surface area contributed by atoms with E-state index in [1.807, 2.05) is 6.92 Å².